The molecule has 0 spiro atoms. The highest BCUT2D eigenvalue weighted by Gasteiger charge is 2.47. The molecule has 3 atom stereocenters. The number of H-pyrrole nitrogens is 2. The number of nitrogens with one attached hydrogen (secondary N) is 2. The molecule has 1 aliphatic carbocycles. The third-order valence-electron chi connectivity index (χ3n) is 7.73. The Bertz CT molecular complexity index is 1750. The Labute approximate surface area is 207 Å². The van der Waals surface area contributed by atoms with Crippen molar-refractivity contribution in [3.8, 4) is 0 Å². The van der Waals surface area contributed by atoms with Crippen LogP contribution in [0.25, 0.3) is 21.8 Å². The molecule has 0 fully saturated rings. The molecule has 5 heteroatoms. The average molecular weight is 470 g/mol. The maximum Gasteiger partial charge on any atom is 0.273 e. The first kappa shape index (κ1) is 20.7. The number of hydrogen-bond acceptors (Lipinski definition) is 2. The maximum atomic E-state index is 12.2. The van der Waals surface area contributed by atoms with Crippen molar-refractivity contribution in [3.63, 3.8) is 0 Å². The Hall–Kier alpha value is -4.64. The Morgan fingerprint density at radius 2 is 1.33 bits per heavy atom. The van der Waals surface area contributed by atoms with Crippen LogP contribution >= 0.6 is 0 Å². The lowest BCUT2D eigenvalue weighted by molar-refractivity contribution is -0.385. The first-order valence-electron chi connectivity index (χ1n) is 12.2. The van der Waals surface area contributed by atoms with Crippen molar-refractivity contribution < 1.29 is 4.92 Å². The zero-order valence-corrected chi connectivity index (χ0v) is 19.4. The lowest BCUT2D eigenvalue weighted by Crippen LogP contribution is -2.15. The van der Waals surface area contributed by atoms with Crippen molar-refractivity contribution in [1.29, 1.82) is 0 Å². The van der Waals surface area contributed by atoms with E-state index in [4.69, 9.17) is 0 Å². The largest absolute Gasteiger partial charge is 0.361 e. The second kappa shape index (κ2) is 7.95. The van der Waals surface area contributed by atoms with Crippen molar-refractivity contribution in [3.05, 3.63) is 147 Å². The molecule has 2 heterocycles. The summed E-state index contributed by atoms with van der Waals surface area (Å²) in [5, 5.41) is 14.5. The lowest BCUT2D eigenvalue weighted by Gasteiger charge is -2.27. The Balaban J connectivity index is 1.59. The number of aromatic nitrogens is 2. The van der Waals surface area contributed by atoms with Crippen molar-refractivity contribution in [2.24, 2.45) is 0 Å². The van der Waals surface area contributed by atoms with Crippen LogP contribution in [-0.2, 0) is 0 Å². The standard InChI is InChI=1S/C31H23N3O2/c35-34(36)26-17-9-6-14-22(26)28-27(19-10-2-1-3-11-19)30(23-18-32-24-15-7-4-12-20(23)24)31-29(28)21-13-5-8-16-25(21)33-31/h1-18,27-28,30,32-33H/t27-,28-,30+/m0/s1. The molecule has 0 amide bonds. The molecule has 6 aromatic rings. The van der Waals surface area contributed by atoms with Crippen molar-refractivity contribution in [2.75, 3.05) is 0 Å². The van der Waals surface area contributed by atoms with Gasteiger partial charge in [0.25, 0.3) is 5.69 Å². The first-order valence-corrected chi connectivity index (χ1v) is 12.2. The average Bonchev–Trinajstić information content (AvgIpc) is 3.60. The second-order valence-corrected chi connectivity index (χ2v) is 9.50. The van der Waals surface area contributed by atoms with Gasteiger partial charge in [-0.2, -0.15) is 0 Å². The van der Waals surface area contributed by atoms with E-state index in [1.807, 2.05) is 36.4 Å². The zero-order valence-electron chi connectivity index (χ0n) is 19.4. The summed E-state index contributed by atoms with van der Waals surface area (Å²) in [5.41, 5.74) is 7.73. The van der Waals surface area contributed by atoms with Gasteiger partial charge in [0.1, 0.15) is 0 Å². The van der Waals surface area contributed by atoms with Crippen LogP contribution in [0, 0.1) is 10.1 Å². The normalized spacial score (nSPS) is 19.1. The minimum atomic E-state index is -0.245. The third-order valence-corrected chi connectivity index (χ3v) is 7.73. The molecule has 0 saturated heterocycles. The minimum absolute atomic E-state index is 0.00393. The molecule has 0 saturated carbocycles. The number of nitrogens with zero attached hydrogens (tertiary/aromatic N) is 1. The fraction of sp³-hybridized carbons (Fsp3) is 0.0968. The van der Waals surface area contributed by atoms with Crippen LogP contribution in [0.5, 0.6) is 0 Å². The molecule has 2 aromatic heterocycles. The van der Waals surface area contributed by atoms with E-state index < -0.39 is 0 Å². The smallest absolute Gasteiger partial charge is 0.273 e. The monoisotopic (exact) mass is 469 g/mol. The van der Waals surface area contributed by atoms with E-state index in [1.54, 1.807) is 12.1 Å². The second-order valence-electron chi connectivity index (χ2n) is 9.50. The summed E-state index contributed by atoms with van der Waals surface area (Å²) < 4.78 is 0. The van der Waals surface area contributed by atoms with Crippen molar-refractivity contribution in [1.82, 2.24) is 9.97 Å². The summed E-state index contributed by atoms with van der Waals surface area (Å²) in [7, 11) is 0. The number of hydrogen-bond donors (Lipinski definition) is 2. The van der Waals surface area contributed by atoms with E-state index in [-0.39, 0.29) is 28.4 Å². The molecule has 1 aliphatic rings. The van der Waals surface area contributed by atoms with Gasteiger partial charge in [0.05, 0.1) is 4.92 Å². The Morgan fingerprint density at radius 3 is 2.14 bits per heavy atom. The number of aromatic amines is 2. The van der Waals surface area contributed by atoms with Gasteiger partial charge in [-0.25, -0.2) is 0 Å². The van der Waals surface area contributed by atoms with Crippen LogP contribution in [0.4, 0.5) is 5.69 Å². The van der Waals surface area contributed by atoms with Gasteiger partial charge < -0.3 is 9.97 Å². The predicted molar refractivity (Wildman–Crippen MR) is 143 cm³/mol. The van der Waals surface area contributed by atoms with Gasteiger partial charge in [-0.3, -0.25) is 10.1 Å². The van der Waals surface area contributed by atoms with Gasteiger partial charge in [-0.15, -0.1) is 0 Å². The summed E-state index contributed by atoms with van der Waals surface area (Å²) >= 11 is 0. The molecule has 5 nitrogen and oxygen atoms in total. The highest BCUT2D eigenvalue weighted by Crippen LogP contribution is 2.60. The van der Waals surface area contributed by atoms with Crippen LogP contribution in [0.3, 0.4) is 0 Å². The molecule has 36 heavy (non-hydrogen) atoms. The zero-order chi connectivity index (χ0) is 24.2. The van der Waals surface area contributed by atoms with Gasteiger partial charge in [-0.1, -0.05) is 84.9 Å². The molecule has 0 unspecified atom stereocenters. The molecule has 0 bridgehead atoms. The number of benzene rings is 4. The summed E-state index contributed by atoms with van der Waals surface area (Å²) in [4.78, 5) is 19.2. The maximum absolute atomic E-state index is 12.2. The molecule has 0 aliphatic heterocycles. The van der Waals surface area contributed by atoms with Gasteiger partial charge in [-0.05, 0) is 28.8 Å². The number of rotatable bonds is 4. The molecule has 0 radical (unpaired) electrons. The van der Waals surface area contributed by atoms with E-state index in [1.165, 1.54) is 16.5 Å². The lowest BCUT2D eigenvalue weighted by atomic mass is 9.75. The van der Waals surface area contributed by atoms with Gasteiger partial charge in [0.15, 0.2) is 0 Å². The Morgan fingerprint density at radius 1 is 0.667 bits per heavy atom. The quantitative estimate of drug-likeness (QED) is 0.206. The topological polar surface area (TPSA) is 74.7 Å². The van der Waals surface area contributed by atoms with E-state index in [0.29, 0.717) is 0 Å². The third kappa shape index (κ3) is 2.96. The van der Waals surface area contributed by atoms with Crippen LogP contribution in [0.2, 0.25) is 0 Å². The Kier molecular flexibility index (Phi) is 4.58. The number of fused-ring (bicyclic) bond motifs is 4. The molecular weight excluding hydrogens is 446 g/mol. The van der Waals surface area contributed by atoms with Crippen LogP contribution in [0.1, 0.15) is 45.7 Å². The number of para-hydroxylation sites is 3. The van der Waals surface area contributed by atoms with Crippen molar-refractivity contribution >= 4 is 27.5 Å². The van der Waals surface area contributed by atoms with Gasteiger partial charge in [0, 0.05) is 63.1 Å². The fourth-order valence-electron chi connectivity index (χ4n) is 6.34. The molecule has 4 aromatic carbocycles. The first-order chi connectivity index (χ1) is 17.7. The van der Waals surface area contributed by atoms with E-state index in [0.717, 1.165) is 33.2 Å². The highest BCUT2D eigenvalue weighted by atomic mass is 16.6. The summed E-state index contributed by atoms with van der Waals surface area (Å²) in [6.07, 6.45) is 2.11. The van der Waals surface area contributed by atoms with Gasteiger partial charge >= 0.3 is 0 Å². The van der Waals surface area contributed by atoms with Crippen molar-refractivity contribution in [2.45, 2.75) is 17.8 Å². The molecular formula is C31H23N3O2. The fourth-order valence-corrected chi connectivity index (χ4v) is 6.34. The van der Waals surface area contributed by atoms with E-state index >= 15 is 0 Å². The minimum Gasteiger partial charge on any atom is -0.361 e. The molecule has 7 rings (SSSR count). The van der Waals surface area contributed by atoms with E-state index in [2.05, 4.69) is 70.8 Å². The van der Waals surface area contributed by atoms with Crippen LogP contribution in [-0.4, -0.2) is 14.9 Å². The summed E-state index contributed by atoms with van der Waals surface area (Å²) in [6.45, 7) is 0. The highest BCUT2D eigenvalue weighted by molar-refractivity contribution is 5.90. The SMILES string of the molecule is O=[N+]([O-])c1ccccc1[C@@H]1c2c([nH]c3ccccc23)[C@H](c2c[nH]c3ccccc23)[C@H]1c1ccccc1. The number of nitro benzene ring substituents is 1. The van der Waals surface area contributed by atoms with Gasteiger partial charge in [0.2, 0.25) is 0 Å². The molecule has 2 N–H and O–H groups in total. The van der Waals surface area contributed by atoms with E-state index in [9.17, 15) is 10.1 Å². The number of nitro groups is 1. The van der Waals surface area contributed by atoms with Crippen LogP contribution in [0.15, 0.2) is 109 Å². The predicted octanol–water partition coefficient (Wildman–Crippen LogP) is 7.62. The molecule has 174 valence electrons. The van der Waals surface area contributed by atoms with Crippen LogP contribution < -0.4 is 0 Å². The summed E-state index contributed by atoms with van der Waals surface area (Å²) in [6, 6.07) is 34.3. The summed E-state index contributed by atoms with van der Waals surface area (Å²) in [5.74, 6) is -0.202.